The highest BCUT2D eigenvalue weighted by Crippen LogP contribution is 2.14. The Morgan fingerprint density at radius 3 is 2.10 bits per heavy atom. The second kappa shape index (κ2) is 15.9. The fraction of sp³-hybridized carbons (Fsp3) is 0.621. The van der Waals surface area contributed by atoms with Crippen molar-refractivity contribution in [1.82, 2.24) is 26.2 Å². The summed E-state index contributed by atoms with van der Waals surface area (Å²) in [5.74, 6) is -1.92. The first-order valence-corrected chi connectivity index (χ1v) is 13.9. The van der Waals surface area contributed by atoms with E-state index < -0.39 is 53.7 Å². The molecule has 0 aliphatic carbocycles. The number of hydrogen-bond donors (Lipinski definition) is 4. The van der Waals surface area contributed by atoms with Crippen LogP contribution in [-0.4, -0.2) is 92.5 Å². The fourth-order valence-corrected chi connectivity index (χ4v) is 4.41. The molecule has 0 unspecified atom stereocenters. The molecule has 2 rings (SSSR count). The minimum atomic E-state index is -1.02. The predicted octanol–water partition coefficient (Wildman–Crippen LogP) is 0.388. The van der Waals surface area contributed by atoms with Gasteiger partial charge in [-0.1, -0.05) is 39.8 Å². The van der Waals surface area contributed by atoms with Gasteiger partial charge in [0.05, 0.1) is 13.7 Å². The zero-order valence-corrected chi connectivity index (χ0v) is 25.1. The molecule has 1 aliphatic rings. The molecular formula is C29H45N5O7. The van der Waals surface area contributed by atoms with Gasteiger partial charge in [-0.15, -0.1) is 0 Å². The zero-order valence-electron chi connectivity index (χ0n) is 25.1. The number of ether oxygens (including phenoxy) is 2. The first kappa shape index (κ1) is 33.5. The summed E-state index contributed by atoms with van der Waals surface area (Å²) in [6, 6.07) is 3.66. The van der Waals surface area contributed by atoms with Crippen LogP contribution in [0.1, 0.15) is 46.6 Å². The molecule has 12 heteroatoms. The molecule has 1 heterocycles. The second-order valence-corrected chi connectivity index (χ2v) is 11.2. The van der Waals surface area contributed by atoms with Gasteiger partial charge in [-0.25, -0.2) is 0 Å². The van der Waals surface area contributed by atoms with Crippen molar-refractivity contribution in [3.63, 3.8) is 0 Å². The summed E-state index contributed by atoms with van der Waals surface area (Å²) in [5, 5.41) is 11.1. The minimum Gasteiger partial charge on any atom is -0.497 e. The molecule has 5 amide bonds. The smallest absolute Gasteiger partial charge is 0.249 e. The van der Waals surface area contributed by atoms with Crippen LogP contribution in [0.2, 0.25) is 0 Å². The number of carbonyl (C=O) groups excluding carboxylic acids is 5. The third-order valence-corrected chi connectivity index (χ3v) is 6.85. The van der Waals surface area contributed by atoms with Gasteiger partial charge in [0.1, 0.15) is 30.5 Å². The molecule has 228 valence electrons. The van der Waals surface area contributed by atoms with Gasteiger partial charge in [-0.05, 0) is 42.9 Å². The molecule has 0 radical (unpaired) electrons. The first-order chi connectivity index (χ1) is 19.3. The lowest BCUT2D eigenvalue weighted by molar-refractivity contribution is -0.140. The molecule has 0 aromatic heterocycles. The van der Waals surface area contributed by atoms with Crippen LogP contribution >= 0.6 is 0 Å². The van der Waals surface area contributed by atoms with Gasteiger partial charge < -0.3 is 35.6 Å². The van der Waals surface area contributed by atoms with Crippen molar-refractivity contribution in [2.45, 2.75) is 71.6 Å². The number of benzene rings is 1. The Hall–Kier alpha value is -3.67. The van der Waals surface area contributed by atoms with Gasteiger partial charge in [-0.3, -0.25) is 24.0 Å². The van der Waals surface area contributed by atoms with E-state index in [2.05, 4.69) is 21.3 Å². The topological polar surface area (TPSA) is 155 Å². The maximum absolute atomic E-state index is 13.5. The minimum absolute atomic E-state index is 0.0420. The lowest BCUT2D eigenvalue weighted by atomic mass is 10.0. The van der Waals surface area contributed by atoms with Crippen molar-refractivity contribution in [2.75, 3.05) is 33.9 Å². The number of hydrogen-bond acceptors (Lipinski definition) is 7. The van der Waals surface area contributed by atoms with Crippen LogP contribution in [-0.2, 0) is 35.1 Å². The standard InChI is InChI=1S/C29H45N5O7/c1-17(2)12-22-29(39)32-23(13-20-8-10-21(41-7)11-9-20)28(38)30-19(5)27(37)33-24(18(3)4)14-34(15-25(35)31-22)26(36)16-40-6/h8-11,17-19,22-24H,12-16H2,1-7H3,(H,30,38)(H,31,35)(H,32,39)(H,33,37)/t19-,22+,23+,24-/m1/s1. The van der Waals surface area contributed by atoms with Crippen molar-refractivity contribution in [2.24, 2.45) is 11.8 Å². The van der Waals surface area contributed by atoms with Gasteiger partial charge in [-0.2, -0.15) is 0 Å². The molecule has 0 spiro atoms. The highest BCUT2D eigenvalue weighted by Gasteiger charge is 2.32. The molecule has 4 atom stereocenters. The number of carbonyl (C=O) groups is 5. The quantitative estimate of drug-likeness (QED) is 0.350. The Bertz CT molecular complexity index is 1060. The molecule has 1 aromatic rings. The summed E-state index contributed by atoms with van der Waals surface area (Å²) in [4.78, 5) is 67.3. The van der Waals surface area contributed by atoms with E-state index in [4.69, 9.17) is 9.47 Å². The Labute approximate surface area is 242 Å². The Morgan fingerprint density at radius 2 is 1.54 bits per heavy atom. The molecular weight excluding hydrogens is 530 g/mol. The number of nitrogens with zero attached hydrogens (tertiary/aromatic N) is 1. The SMILES string of the molecule is COCC(=O)N1CC(=O)N[C@@H](CC(C)C)C(=O)N[C@@H](Cc2ccc(OC)cc2)C(=O)N[C@H](C)C(=O)N[C@@H](C(C)C)C1. The van der Waals surface area contributed by atoms with Crippen molar-refractivity contribution in [3.05, 3.63) is 29.8 Å². The average Bonchev–Trinajstić information content (AvgIpc) is 2.90. The lowest BCUT2D eigenvalue weighted by Crippen LogP contribution is -2.57. The van der Waals surface area contributed by atoms with E-state index in [1.165, 1.54) is 12.0 Å². The normalized spacial score (nSPS) is 23.2. The molecule has 1 saturated heterocycles. The van der Waals surface area contributed by atoms with E-state index in [1.54, 1.807) is 38.3 Å². The van der Waals surface area contributed by atoms with Crippen LogP contribution in [0.15, 0.2) is 24.3 Å². The van der Waals surface area contributed by atoms with Gasteiger partial charge in [0.15, 0.2) is 0 Å². The van der Waals surface area contributed by atoms with Crippen LogP contribution < -0.4 is 26.0 Å². The van der Waals surface area contributed by atoms with E-state index in [9.17, 15) is 24.0 Å². The molecule has 0 bridgehead atoms. The van der Waals surface area contributed by atoms with Crippen LogP contribution in [0, 0.1) is 11.8 Å². The number of nitrogens with one attached hydrogen (secondary N) is 4. The van der Waals surface area contributed by atoms with Crippen LogP contribution in [0.4, 0.5) is 0 Å². The van der Waals surface area contributed by atoms with Crippen molar-refractivity contribution < 1.29 is 33.4 Å². The number of amides is 5. The number of methoxy groups -OCH3 is 2. The maximum Gasteiger partial charge on any atom is 0.249 e. The maximum atomic E-state index is 13.5. The molecule has 1 aromatic carbocycles. The van der Waals surface area contributed by atoms with Crippen LogP contribution in [0.25, 0.3) is 0 Å². The van der Waals surface area contributed by atoms with Crippen LogP contribution in [0.5, 0.6) is 5.75 Å². The highest BCUT2D eigenvalue weighted by atomic mass is 16.5. The fourth-order valence-electron chi connectivity index (χ4n) is 4.41. The summed E-state index contributed by atoms with van der Waals surface area (Å²) >= 11 is 0. The highest BCUT2D eigenvalue weighted by molar-refractivity contribution is 5.95. The zero-order chi connectivity index (χ0) is 30.7. The van der Waals surface area contributed by atoms with E-state index in [-0.39, 0.29) is 38.0 Å². The van der Waals surface area contributed by atoms with Crippen molar-refractivity contribution in [1.29, 1.82) is 0 Å². The van der Waals surface area contributed by atoms with E-state index >= 15 is 0 Å². The largest absolute Gasteiger partial charge is 0.497 e. The third kappa shape index (κ3) is 10.7. The predicted molar refractivity (Wildman–Crippen MR) is 153 cm³/mol. The average molecular weight is 576 g/mol. The van der Waals surface area contributed by atoms with Crippen molar-refractivity contribution >= 4 is 29.5 Å². The monoisotopic (exact) mass is 575 g/mol. The summed E-state index contributed by atoms with van der Waals surface area (Å²) < 4.78 is 10.2. The van der Waals surface area contributed by atoms with Gasteiger partial charge in [0.25, 0.3) is 0 Å². The van der Waals surface area contributed by atoms with Gasteiger partial charge >= 0.3 is 0 Å². The molecule has 0 saturated carbocycles. The third-order valence-electron chi connectivity index (χ3n) is 6.85. The Kier molecular flexibility index (Phi) is 13.0. The molecule has 4 N–H and O–H groups in total. The van der Waals surface area contributed by atoms with E-state index in [0.717, 1.165) is 5.56 Å². The Balaban J connectivity index is 2.46. The lowest BCUT2D eigenvalue weighted by Gasteiger charge is -2.31. The second-order valence-electron chi connectivity index (χ2n) is 11.2. The summed E-state index contributed by atoms with van der Waals surface area (Å²) in [7, 11) is 2.93. The summed E-state index contributed by atoms with van der Waals surface area (Å²) in [6.07, 6.45) is 0.456. The summed E-state index contributed by atoms with van der Waals surface area (Å²) in [5.41, 5.74) is 0.762. The van der Waals surface area contributed by atoms with Gasteiger partial charge in [0, 0.05) is 26.1 Å². The van der Waals surface area contributed by atoms with Crippen LogP contribution in [0.3, 0.4) is 0 Å². The van der Waals surface area contributed by atoms with E-state index in [0.29, 0.717) is 12.2 Å². The van der Waals surface area contributed by atoms with Gasteiger partial charge in [0.2, 0.25) is 29.5 Å². The van der Waals surface area contributed by atoms with E-state index in [1.807, 2.05) is 27.7 Å². The number of rotatable bonds is 8. The molecule has 1 aliphatic heterocycles. The molecule has 1 fully saturated rings. The molecule has 41 heavy (non-hydrogen) atoms. The van der Waals surface area contributed by atoms with Crippen molar-refractivity contribution in [3.8, 4) is 5.75 Å². The Morgan fingerprint density at radius 1 is 0.902 bits per heavy atom. The first-order valence-electron chi connectivity index (χ1n) is 13.9. The summed E-state index contributed by atoms with van der Waals surface area (Å²) in [6.45, 7) is 8.61. The molecule has 12 nitrogen and oxygen atoms in total.